The minimum Gasteiger partial charge on any atom is -0.456 e. The Morgan fingerprint density at radius 1 is 1.19 bits per heavy atom. The number of hydrogen-bond donors (Lipinski definition) is 0. The molecule has 1 aromatic carbocycles. The maximum absolute atomic E-state index is 11.5. The van der Waals surface area contributed by atoms with E-state index in [0.717, 1.165) is 0 Å². The van der Waals surface area contributed by atoms with Gasteiger partial charge in [-0.3, -0.25) is 9.97 Å². The average Bonchev–Trinajstić information content (AvgIpc) is 2.38. The number of hydrogen-bond acceptors (Lipinski definition) is 4. The number of nitrogens with zero attached hydrogens (tertiary/aromatic N) is 2. The van der Waals surface area contributed by atoms with Crippen LogP contribution in [0.5, 0.6) is 0 Å². The van der Waals surface area contributed by atoms with Gasteiger partial charge in [0.1, 0.15) is 6.61 Å². The second kappa shape index (κ2) is 5.02. The summed E-state index contributed by atoms with van der Waals surface area (Å²) >= 11 is 0. The fourth-order valence-corrected chi connectivity index (χ4v) is 1.20. The summed E-state index contributed by atoms with van der Waals surface area (Å²) in [6.07, 6.45) is 4.70. The van der Waals surface area contributed by atoms with Crippen LogP contribution in [-0.4, -0.2) is 15.9 Å². The first kappa shape index (κ1) is 10.3. The Kier molecular flexibility index (Phi) is 3.23. The summed E-state index contributed by atoms with van der Waals surface area (Å²) in [4.78, 5) is 19.4. The highest BCUT2D eigenvalue weighted by Gasteiger charge is 2.06. The standard InChI is InChI=1S/C12H10N2O2/c15-12(10-4-2-1-3-5-10)16-9-11-8-13-6-7-14-11/h1-8H,9H2. The molecule has 0 fully saturated rings. The molecule has 0 saturated heterocycles. The molecule has 0 atom stereocenters. The lowest BCUT2D eigenvalue weighted by Gasteiger charge is -2.03. The van der Waals surface area contributed by atoms with Crippen LogP contribution in [0.2, 0.25) is 0 Å². The summed E-state index contributed by atoms with van der Waals surface area (Å²) in [5, 5.41) is 0. The molecule has 0 radical (unpaired) electrons. The van der Waals surface area contributed by atoms with Crippen molar-refractivity contribution < 1.29 is 9.53 Å². The second-order valence-corrected chi connectivity index (χ2v) is 3.14. The minimum absolute atomic E-state index is 0.140. The van der Waals surface area contributed by atoms with Crippen molar-refractivity contribution in [1.29, 1.82) is 0 Å². The Morgan fingerprint density at radius 2 is 2.00 bits per heavy atom. The van der Waals surface area contributed by atoms with E-state index in [1.807, 2.05) is 6.07 Å². The molecule has 0 bridgehead atoms. The Morgan fingerprint density at radius 3 is 2.69 bits per heavy atom. The molecule has 0 aliphatic rings. The summed E-state index contributed by atoms with van der Waals surface area (Å²) < 4.78 is 5.07. The predicted molar refractivity (Wildman–Crippen MR) is 57.6 cm³/mol. The summed E-state index contributed by atoms with van der Waals surface area (Å²) in [5.41, 5.74) is 1.16. The lowest BCUT2D eigenvalue weighted by molar-refractivity contribution is 0.0467. The summed E-state index contributed by atoms with van der Waals surface area (Å²) in [6.45, 7) is 0.140. The van der Waals surface area contributed by atoms with Gasteiger partial charge >= 0.3 is 5.97 Å². The van der Waals surface area contributed by atoms with Crippen molar-refractivity contribution in [3.63, 3.8) is 0 Å². The molecule has 16 heavy (non-hydrogen) atoms. The first-order valence-corrected chi connectivity index (χ1v) is 4.83. The number of aromatic nitrogens is 2. The van der Waals surface area contributed by atoms with E-state index < -0.39 is 0 Å². The molecule has 80 valence electrons. The van der Waals surface area contributed by atoms with Gasteiger partial charge in [-0.2, -0.15) is 0 Å². The lowest BCUT2D eigenvalue weighted by Crippen LogP contribution is -2.05. The number of carbonyl (C=O) groups is 1. The van der Waals surface area contributed by atoms with Gasteiger partial charge in [0.2, 0.25) is 0 Å². The zero-order chi connectivity index (χ0) is 11.2. The van der Waals surface area contributed by atoms with Crippen LogP contribution in [0.1, 0.15) is 16.1 Å². The van der Waals surface area contributed by atoms with Gasteiger partial charge in [0.25, 0.3) is 0 Å². The van der Waals surface area contributed by atoms with Gasteiger partial charge in [0.15, 0.2) is 0 Å². The van der Waals surface area contributed by atoms with E-state index in [-0.39, 0.29) is 12.6 Å². The molecule has 4 nitrogen and oxygen atoms in total. The minimum atomic E-state index is -0.355. The van der Waals surface area contributed by atoms with Crippen LogP contribution in [0.3, 0.4) is 0 Å². The molecule has 0 aliphatic carbocycles. The molecule has 4 heteroatoms. The van der Waals surface area contributed by atoms with Gasteiger partial charge in [0, 0.05) is 12.4 Å². The van der Waals surface area contributed by atoms with E-state index in [9.17, 15) is 4.79 Å². The van der Waals surface area contributed by atoms with Crippen molar-refractivity contribution in [2.24, 2.45) is 0 Å². The number of ether oxygens (including phenoxy) is 1. The lowest BCUT2D eigenvalue weighted by atomic mass is 10.2. The number of esters is 1. The van der Waals surface area contributed by atoms with E-state index in [4.69, 9.17) is 4.74 Å². The second-order valence-electron chi connectivity index (χ2n) is 3.14. The van der Waals surface area contributed by atoms with Crippen LogP contribution in [-0.2, 0) is 11.3 Å². The van der Waals surface area contributed by atoms with Crippen molar-refractivity contribution in [3.8, 4) is 0 Å². The molecule has 0 saturated carbocycles. The van der Waals surface area contributed by atoms with Gasteiger partial charge in [-0.1, -0.05) is 18.2 Å². The predicted octanol–water partition coefficient (Wildman–Crippen LogP) is 1.83. The number of benzene rings is 1. The van der Waals surface area contributed by atoms with Crippen LogP contribution in [0.4, 0.5) is 0 Å². The van der Waals surface area contributed by atoms with E-state index in [0.29, 0.717) is 11.3 Å². The molecule has 0 amide bonds. The highest BCUT2D eigenvalue weighted by atomic mass is 16.5. The quantitative estimate of drug-likeness (QED) is 0.731. The maximum Gasteiger partial charge on any atom is 0.338 e. The monoisotopic (exact) mass is 214 g/mol. The molecule has 1 aromatic heterocycles. The SMILES string of the molecule is O=C(OCc1cnccn1)c1ccccc1. The third kappa shape index (κ3) is 2.63. The van der Waals surface area contributed by atoms with E-state index in [2.05, 4.69) is 9.97 Å². The van der Waals surface area contributed by atoms with Crippen LogP contribution < -0.4 is 0 Å². The first-order chi connectivity index (χ1) is 7.86. The highest BCUT2D eigenvalue weighted by Crippen LogP contribution is 2.03. The Bertz CT molecular complexity index is 457. The largest absolute Gasteiger partial charge is 0.456 e. The van der Waals surface area contributed by atoms with Crippen LogP contribution in [0, 0.1) is 0 Å². The fraction of sp³-hybridized carbons (Fsp3) is 0.0833. The Labute approximate surface area is 92.9 Å². The molecule has 0 spiro atoms. The number of carbonyl (C=O) groups excluding carboxylic acids is 1. The molecule has 0 N–H and O–H groups in total. The molecular formula is C12H10N2O2. The van der Waals surface area contributed by atoms with Gasteiger partial charge in [-0.05, 0) is 12.1 Å². The maximum atomic E-state index is 11.5. The summed E-state index contributed by atoms with van der Waals surface area (Å²) in [7, 11) is 0. The topological polar surface area (TPSA) is 52.1 Å². The first-order valence-electron chi connectivity index (χ1n) is 4.83. The summed E-state index contributed by atoms with van der Waals surface area (Å²) in [5.74, 6) is -0.355. The molecule has 0 aliphatic heterocycles. The van der Waals surface area contributed by atoms with Gasteiger partial charge < -0.3 is 4.74 Å². The third-order valence-corrected chi connectivity index (χ3v) is 1.98. The molecule has 2 aromatic rings. The Hall–Kier alpha value is -2.23. The van der Waals surface area contributed by atoms with Gasteiger partial charge in [0.05, 0.1) is 17.5 Å². The number of rotatable bonds is 3. The highest BCUT2D eigenvalue weighted by molar-refractivity contribution is 5.89. The van der Waals surface area contributed by atoms with Crippen LogP contribution >= 0.6 is 0 Å². The molecule has 1 heterocycles. The zero-order valence-corrected chi connectivity index (χ0v) is 8.54. The smallest absolute Gasteiger partial charge is 0.338 e. The third-order valence-electron chi connectivity index (χ3n) is 1.98. The zero-order valence-electron chi connectivity index (χ0n) is 8.54. The van der Waals surface area contributed by atoms with Gasteiger partial charge in [-0.25, -0.2) is 4.79 Å². The normalized spacial score (nSPS) is 9.75. The van der Waals surface area contributed by atoms with E-state index in [1.165, 1.54) is 0 Å². The van der Waals surface area contributed by atoms with Crippen LogP contribution in [0.15, 0.2) is 48.9 Å². The van der Waals surface area contributed by atoms with Crippen molar-refractivity contribution in [2.75, 3.05) is 0 Å². The van der Waals surface area contributed by atoms with Crippen molar-refractivity contribution in [1.82, 2.24) is 9.97 Å². The fourth-order valence-electron chi connectivity index (χ4n) is 1.20. The van der Waals surface area contributed by atoms with Gasteiger partial charge in [-0.15, -0.1) is 0 Å². The van der Waals surface area contributed by atoms with E-state index in [1.54, 1.807) is 42.9 Å². The molecule has 0 unspecified atom stereocenters. The van der Waals surface area contributed by atoms with Crippen molar-refractivity contribution >= 4 is 5.97 Å². The van der Waals surface area contributed by atoms with Crippen molar-refractivity contribution in [3.05, 3.63) is 60.2 Å². The van der Waals surface area contributed by atoms with Crippen molar-refractivity contribution in [2.45, 2.75) is 6.61 Å². The summed E-state index contributed by atoms with van der Waals surface area (Å²) in [6, 6.07) is 8.84. The Balaban J connectivity index is 1.95. The average molecular weight is 214 g/mol. The molecular weight excluding hydrogens is 204 g/mol. The molecule has 2 rings (SSSR count). The van der Waals surface area contributed by atoms with Crippen LogP contribution in [0.25, 0.3) is 0 Å². The van der Waals surface area contributed by atoms with E-state index >= 15 is 0 Å².